The number of benzene rings is 2. The van der Waals surface area contributed by atoms with Gasteiger partial charge in [0.1, 0.15) is 0 Å². The van der Waals surface area contributed by atoms with Gasteiger partial charge in [0.25, 0.3) is 0 Å². The number of nitrogens with two attached hydrogens (primary N) is 1. The Bertz CT molecular complexity index is 929. The number of aromatic nitrogens is 1. The maximum atomic E-state index is 10.7. The van der Waals surface area contributed by atoms with Gasteiger partial charge in [-0.05, 0) is 31.5 Å². The van der Waals surface area contributed by atoms with Crippen molar-refractivity contribution < 1.29 is 4.79 Å². The van der Waals surface area contributed by atoms with Crippen molar-refractivity contribution in [3.63, 3.8) is 0 Å². The number of anilines is 2. The van der Waals surface area contributed by atoms with E-state index >= 15 is 0 Å². The van der Waals surface area contributed by atoms with Crippen molar-refractivity contribution in [3.05, 3.63) is 65.0 Å². The lowest BCUT2D eigenvalue weighted by Crippen LogP contribution is -2.25. The second kappa shape index (κ2) is 7.79. The van der Waals surface area contributed by atoms with Crippen LogP contribution in [0.25, 0.3) is 11.3 Å². The average Bonchev–Trinajstić information content (AvgIpc) is 3.09. The van der Waals surface area contributed by atoms with E-state index in [9.17, 15) is 4.79 Å². The van der Waals surface area contributed by atoms with Gasteiger partial charge in [-0.2, -0.15) is 5.10 Å². The highest BCUT2D eigenvalue weighted by Gasteiger charge is 2.05. The number of hydrogen-bond acceptors (Lipinski definition) is 5. The summed E-state index contributed by atoms with van der Waals surface area (Å²) in [6, 6.07) is 15.3. The van der Waals surface area contributed by atoms with E-state index in [0.29, 0.717) is 5.71 Å². The predicted molar refractivity (Wildman–Crippen MR) is 107 cm³/mol. The van der Waals surface area contributed by atoms with Crippen molar-refractivity contribution in [2.45, 2.75) is 13.8 Å². The van der Waals surface area contributed by atoms with Crippen LogP contribution in [0.15, 0.2) is 59.0 Å². The molecule has 2 aromatic carbocycles. The lowest BCUT2D eigenvalue weighted by atomic mass is 10.1. The van der Waals surface area contributed by atoms with Crippen molar-refractivity contribution in [1.82, 2.24) is 10.4 Å². The summed E-state index contributed by atoms with van der Waals surface area (Å²) >= 11 is 1.56. The molecule has 0 unspecified atom stereocenters. The molecule has 0 fully saturated rings. The van der Waals surface area contributed by atoms with Crippen molar-refractivity contribution in [3.8, 4) is 11.3 Å². The highest BCUT2D eigenvalue weighted by molar-refractivity contribution is 7.14. The van der Waals surface area contributed by atoms with Gasteiger partial charge >= 0.3 is 6.03 Å². The first-order chi connectivity index (χ1) is 12.5. The molecular formula is C19H19N5OS. The molecule has 3 aromatic rings. The van der Waals surface area contributed by atoms with E-state index in [1.807, 2.05) is 29.6 Å². The van der Waals surface area contributed by atoms with Crippen LogP contribution in [-0.2, 0) is 0 Å². The Morgan fingerprint density at radius 1 is 1.12 bits per heavy atom. The Labute approximate surface area is 155 Å². The Kier molecular flexibility index (Phi) is 5.28. The van der Waals surface area contributed by atoms with Gasteiger partial charge in [-0.3, -0.25) is 0 Å². The number of rotatable bonds is 5. The van der Waals surface area contributed by atoms with Gasteiger partial charge < -0.3 is 11.1 Å². The van der Waals surface area contributed by atoms with E-state index in [1.54, 1.807) is 18.3 Å². The third-order valence-electron chi connectivity index (χ3n) is 3.74. The molecule has 0 spiro atoms. The zero-order chi connectivity index (χ0) is 18.5. The van der Waals surface area contributed by atoms with E-state index in [0.717, 1.165) is 27.6 Å². The summed E-state index contributed by atoms with van der Waals surface area (Å²) in [6.45, 7) is 3.87. The SMILES string of the molecule is C/C(=N\NC(N)=O)c1ccc(Nc2nc(-c3ccc(C)cc3)cs2)cc1. The molecule has 3 rings (SSSR count). The van der Waals surface area contributed by atoms with Crippen LogP contribution in [-0.4, -0.2) is 16.7 Å². The van der Waals surface area contributed by atoms with Crippen molar-refractivity contribution in [2.75, 3.05) is 5.32 Å². The van der Waals surface area contributed by atoms with E-state index < -0.39 is 6.03 Å². The van der Waals surface area contributed by atoms with Crippen LogP contribution in [0.3, 0.4) is 0 Å². The average molecular weight is 365 g/mol. The quantitative estimate of drug-likeness (QED) is 0.466. The number of hydrogen-bond donors (Lipinski definition) is 3. The molecule has 0 saturated carbocycles. The number of amides is 2. The molecule has 0 aliphatic rings. The van der Waals surface area contributed by atoms with Crippen molar-refractivity contribution in [2.24, 2.45) is 10.8 Å². The number of hydrazone groups is 1. The molecule has 0 radical (unpaired) electrons. The molecule has 1 heterocycles. The second-order valence-corrected chi connectivity index (χ2v) is 6.64. The van der Waals surface area contributed by atoms with Crippen LogP contribution in [0.4, 0.5) is 15.6 Å². The zero-order valence-electron chi connectivity index (χ0n) is 14.5. The molecule has 2 amide bonds. The van der Waals surface area contributed by atoms with Crippen LogP contribution in [0.5, 0.6) is 0 Å². The van der Waals surface area contributed by atoms with Crippen molar-refractivity contribution >= 4 is 33.9 Å². The fourth-order valence-corrected chi connectivity index (χ4v) is 3.05. The van der Waals surface area contributed by atoms with Crippen LogP contribution in [0.2, 0.25) is 0 Å². The number of aryl methyl sites for hydroxylation is 1. The fraction of sp³-hybridized carbons (Fsp3) is 0.105. The number of thiazole rings is 1. The highest BCUT2D eigenvalue weighted by atomic mass is 32.1. The number of carbonyl (C=O) groups is 1. The van der Waals surface area contributed by atoms with E-state index in [2.05, 4.69) is 52.0 Å². The molecular weight excluding hydrogens is 346 g/mol. The first kappa shape index (κ1) is 17.6. The first-order valence-corrected chi connectivity index (χ1v) is 8.89. The molecule has 7 heteroatoms. The van der Waals surface area contributed by atoms with E-state index in [1.165, 1.54) is 5.56 Å². The molecule has 6 nitrogen and oxygen atoms in total. The maximum Gasteiger partial charge on any atom is 0.332 e. The van der Waals surface area contributed by atoms with Gasteiger partial charge in [0, 0.05) is 16.6 Å². The molecule has 0 bridgehead atoms. The lowest BCUT2D eigenvalue weighted by molar-refractivity contribution is 0.249. The summed E-state index contributed by atoms with van der Waals surface area (Å²) in [4.78, 5) is 15.3. The molecule has 26 heavy (non-hydrogen) atoms. The summed E-state index contributed by atoms with van der Waals surface area (Å²) in [5, 5.41) is 10.1. The first-order valence-electron chi connectivity index (χ1n) is 8.01. The normalized spacial score (nSPS) is 11.2. The standard InChI is InChI=1S/C19H19N5OS/c1-12-3-5-15(6-4-12)17-11-26-19(22-17)21-16-9-7-14(8-10-16)13(2)23-24-18(20)25/h3-11H,1-2H3,(H,21,22)(H3,20,24,25)/b23-13+. The van der Waals surface area contributed by atoms with Crippen LogP contribution in [0.1, 0.15) is 18.1 Å². The minimum absolute atomic E-state index is 0.672. The molecule has 0 aliphatic carbocycles. The van der Waals surface area contributed by atoms with Gasteiger partial charge in [-0.1, -0.05) is 42.0 Å². The fourth-order valence-electron chi connectivity index (χ4n) is 2.31. The highest BCUT2D eigenvalue weighted by Crippen LogP contribution is 2.27. The largest absolute Gasteiger partial charge is 0.350 e. The Morgan fingerprint density at radius 2 is 1.81 bits per heavy atom. The van der Waals surface area contributed by atoms with Gasteiger partial charge in [0.05, 0.1) is 11.4 Å². The Hall–Kier alpha value is -3.19. The lowest BCUT2D eigenvalue weighted by Gasteiger charge is -2.05. The molecule has 4 N–H and O–H groups in total. The summed E-state index contributed by atoms with van der Waals surface area (Å²) in [7, 11) is 0. The van der Waals surface area contributed by atoms with E-state index in [-0.39, 0.29) is 0 Å². The van der Waals surface area contributed by atoms with Crippen LogP contribution >= 0.6 is 11.3 Å². The third kappa shape index (κ3) is 4.46. The molecule has 132 valence electrons. The maximum absolute atomic E-state index is 10.7. The molecule has 0 atom stereocenters. The molecule has 0 saturated heterocycles. The summed E-state index contributed by atoms with van der Waals surface area (Å²) in [5.74, 6) is 0. The monoisotopic (exact) mass is 365 g/mol. The second-order valence-electron chi connectivity index (χ2n) is 5.78. The van der Waals surface area contributed by atoms with Gasteiger partial charge in [-0.25, -0.2) is 15.2 Å². The molecule has 1 aromatic heterocycles. The molecule has 0 aliphatic heterocycles. The van der Waals surface area contributed by atoms with Crippen molar-refractivity contribution in [1.29, 1.82) is 0 Å². The van der Waals surface area contributed by atoms with Crippen LogP contribution < -0.4 is 16.5 Å². The Morgan fingerprint density at radius 3 is 2.46 bits per heavy atom. The summed E-state index contributed by atoms with van der Waals surface area (Å²) in [6.07, 6.45) is 0. The van der Waals surface area contributed by atoms with Gasteiger partial charge in [-0.15, -0.1) is 11.3 Å². The minimum Gasteiger partial charge on any atom is -0.350 e. The van der Waals surface area contributed by atoms with Crippen LogP contribution in [0, 0.1) is 6.92 Å². The van der Waals surface area contributed by atoms with Gasteiger partial charge in [0.2, 0.25) is 0 Å². The number of nitrogens with zero attached hydrogens (tertiary/aromatic N) is 2. The third-order valence-corrected chi connectivity index (χ3v) is 4.50. The summed E-state index contributed by atoms with van der Waals surface area (Å²) in [5.41, 5.74) is 13.0. The topological polar surface area (TPSA) is 92.4 Å². The van der Waals surface area contributed by atoms with Gasteiger partial charge in [0.15, 0.2) is 5.13 Å². The number of nitrogens with one attached hydrogen (secondary N) is 2. The minimum atomic E-state index is -0.684. The smallest absolute Gasteiger partial charge is 0.332 e. The van der Waals surface area contributed by atoms with E-state index in [4.69, 9.17) is 5.73 Å². The number of urea groups is 1. The zero-order valence-corrected chi connectivity index (χ0v) is 15.3. The number of primary amides is 1. The predicted octanol–water partition coefficient (Wildman–Crippen LogP) is 4.25. The number of carbonyl (C=O) groups excluding carboxylic acids is 1. The summed E-state index contributed by atoms with van der Waals surface area (Å²) < 4.78 is 0. The Balaban J connectivity index is 1.69.